The van der Waals surface area contributed by atoms with E-state index < -0.39 is 23.8 Å². The van der Waals surface area contributed by atoms with Crippen LogP contribution in [0.4, 0.5) is 5.69 Å². The molecule has 0 aromatic heterocycles. The minimum atomic E-state index is -0.692. The van der Waals surface area contributed by atoms with E-state index in [1.165, 1.54) is 48.2 Å². The van der Waals surface area contributed by atoms with Gasteiger partial charge in [0.15, 0.2) is 0 Å². The molecule has 1 aromatic carbocycles. The zero-order valence-electron chi connectivity index (χ0n) is 17.8. The van der Waals surface area contributed by atoms with Gasteiger partial charge in [-0.25, -0.2) is 4.90 Å². The molecule has 1 atom stereocenters. The molecule has 8 nitrogen and oxygen atoms in total. The second-order valence-corrected chi connectivity index (χ2v) is 8.27. The van der Waals surface area contributed by atoms with Crippen molar-refractivity contribution >= 4 is 41.1 Å². The van der Waals surface area contributed by atoms with Crippen molar-refractivity contribution in [1.82, 2.24) is 15.5 Å². The van der Waals surface area contributed by atoms with Crippen molar-refractivity contribution < 1.29 is 19.2 Å². The summed E-state index contributed by atoms with van der Waals surface area (Å²) in [5.41, 5.74) is 0.711. The molecule has 0 bridgehead atoms. The van der Waals surface area contributed by atoms with Crippen LogP contribution in [-0.4, -0.2) is 73.3 Å². The molecule has 1 aromatic rings. The zero-order chi connectivity index (χ0) is 22.8. The van der Waals surface area contributed by atoms with Crippen LogP contribution in [0.5, 0.6) is 0 Å². The summed E-state index contributed by atoms with van der Waals surface area (Å²) < 4.78 is 0. The monoisotopic (exact) mass is 444 g/mol. The van der Waals surface area contributed by atoms with Crippen LogP contribution in [-0.2, 0) is 14.4 Å². The topological polar surface area (TPSA) is 98.8 Å². The fourth-order valence-corrected chi connectivity index (χ4v) is 3.61. The molecule has 0 aliphatic carbocycles. The maximum absolute atomic E-state index is 12.7. The highest BCUT2D eigenvalue weighted by Crippen LogP contribution is 2.19. The maximum atomic E-state index is 12.7. The Labute approximate surface area is 186 Å². The Balaban J connectivity index is 1.99. The minimum Gasteiger partial charge on any atom is -0.354 e. The number of benzene rings is 1. The van der Waals surface area contributed by atoms with E-state index in [0.717, 1.165) is 17.9 Å². The van der Waals surface area contributed by atoms with Gasteiger partial charge in [-0.1, -0.05) is 6.08 Å². The molecule has 0 fully saturated rings. The molecule has 4 amide bonds. The largest absolute Gasteiger partial charge is 0.354 e. The summed E-state index contributed by atoms with van der Waals surface area (Å²) in [5, 5.41) is 5.64. The molecule has 0 saturated carbocycles. The molecule has 1 aliphatic heterocycles. The molecular formula is C22H28N4O4S. The molecular weight excluding hydrogens is 416 g/mol. The van der Waals surface area contributed by atoms with E-state index in [1.807, 2.05) is 19.0 Å². The lowest BCUT2D eigenvalue weighted by Gasteiger charge is -2.19. The average molecular weight is 445 g/mol. The molecule has 2 N–H and O–H groups in total. The number of anilines is 1. The normalized spacial score (nSPS) is 14.1. The van der Waals surface area contributed by atoms with Crippen molar-refractivity contribution in [1.29, 1.82) is 0 Å². The smallest absolute Gasteiger partial charge is 0.258 e. The Bertz CT molecular complexity index is 834. The number of carbonyl (C=O) groups excluding carboxylic acids is 4. The van der Waals surface area contributed by atoms with Gasteiger partial charge in [0.05, 0.1) is 5.69 Å². The van der Waals surface area contributed by atoms with Crippen molar-refractivity contribution in [3.05, 3.63) is 54.6 Å². The first-order chi connectivity index (χ1) is 14.8. The van der Waals surface area contributed by atoms with Gasteiger partial charge in [0.25, 0.3) is 17.7 Å². The molecule has 1 heterocycles. The predicted molar refractivity (Wildman–Crippen MR) is 123 cm³/mol. The summed E-state index contributed by atoms with van der Waals surface area (Å²) in [5.74, 6) is -0.408. The molecule has 31 heavy (non-hydrogen) atoms. The summed E-state index contributed by atoms with van der Waals surface area (Å²) in [7, 11) is 3.93. The van der Waals surface area contributed by atoms with Gasteiger partial charge in [0.2, 0.25) is 5.91 Å². The second kappa shape index (κ2) is 12.1. The lowest BCUT2D eigenvalue weighted by Crippen LogP contribution is -2.48. The number of hydrogen-bond donors (Lipinski definition) is 2. The molecule has 0 radical (unpaired) electrons. The quantitative estimate of drug-likeness (QED) is 0.286. The molecule has 1 aliphatic rings. The first kappa shape index (κ1) is 24.4. The van der Waals surface area contributed by atoms with E-state index in [-0.39, 0.29) is 5.91 Å². The van der Waals surface area contributed by atoms with Crippen molar-refractivity contribution in [2.75, 3.05) is 43.6 Å². The number of rotatable bonds is 12. The number of carbonyl (C=O) groups is 4. The summed E-state index contributed by atoms with van der Waals surface area (Å²) >= 11 is 1.50. The average Bonchev–Trinajstić information content (AvgIpc) is 3.08. The highest BCUT2D eigenvalue weighted by molar-refractivity contribution is 7.99. The van der Waals surface area contributed by atoms with Gasteiger partial charge in [-0.15, -0.1) is 6.58 Å². The highest BCUT2D eigenvalue weighted by atomic mass is 32.2. The van der Waals surface area contributed by atoms with Crippen LogP contribution < -0.4 is 15.5 Å². The van der Waals surface area contributed by atoms with Gasteiger partial charge < -0.3 is 15.5 Å². The fourth-order valence-electron chi connectivity index (χ4n) is 2.84. The second-order valence-electron chi connectivity index (χ2n) is 7.19. The molecule has 0 saturated heterocycles. The Morgan fingerprint density at radius 1 is 1.16 bits per heavy atom. The van der Waals surface area contributed by atoms with E-state index in [4.69, 9.17) is 0 Å². The van der Waals surface area contributed by atoms with Gasteiger partial charge in [-0.2, -0.15) is 11.8 Å². The standard InChI is InChI=1S/C22H28N4O4S/c1-4-14-31-15-18(22(30)23-12-5-13-25(2)3)24-21(29)16-6-8-17(9-7-16)26-19(27)10-11-20(26)28/h4,6-11,18H,1,5,12-15H2,2-3H3,(H,23,30)(H,24,29). The van der Waals surface area contributed by atoms with Gasteiger partial charge in [0.1, 0.15) is 6.04 Å². The van der Waals surface area contributed by atoms with Crippen LogP contribution in [0.15, 0.2) is 49.1 Å². The summed E-state index contributed by atoms with van der Waals surface area (Å²) in [4.78, 5) is 51.9. The summed E-state index contributed by atoms with van der Waals surface area (Å²) in [6.45, 7) is 5.05. The van der Waals surface area contributed by atoms with Gasteiger partial charge >= 0.3 is 0 Å². The molecule has 0 spiro atoms. The third kappa shape index (κ3) is 7.37. The number of nitrogens with one attached hydrogen (secondary N) is 2. The summed E-state index contributed by atoms with van der Waals surface area (Å²) in [6.07, 6.45) is 4.95. The minimum absolute atomic E-state index is 0.236. The predicted octanol–water partition coefficient (Wildman–Crippen LogP) is 1.20. The Hall–Kier alpha value is -2.91. The van der Waals surface area contributed by atoms with Crippen molar-refractivity contribution in [3.63, 3.8) is 0 Å². The van der Waals surface area contributed by atoms with Gasteiger partial charge in [-0.05, 0) is 51.3 Å². The summed E-state index contributed by atoms with van der Waals surface area (Å²) in [6, 6.07) is 5.40. The van der Waals surface area contributed by atoms with Crippen LogP contribution in [0.3, 0.4) is 0 Å². The third-order valence-corrected chi connectivity index (χ3v) is 5.46. The van der Waals surface area contributed by atoms with E-state index in [9.17, 15) is 19.2 Å². The third-order valence-electron chi connectivity index (χ3n) is 4.42. The first-order valence-electron chi connectivity index (χ1n) is 9.91. The van der Waals surface area contributed by atoms with Gasteiger partial charge in [0, 0.05) is 35.8 Å². The van der Waals surface area contributed by atoms with Crippen LogP contribution in [0.2, 0.25) is 0 Å². The van der Waals surface area contributed by atoms with Crippen LogP contribution in [0, 0.1) is 0 Å². The first-order valence-corrected chi connectivity index (χ1v) is 11.1. The van der Waals surface area contributed by atoms with Crippen LogP contribution >= 0.6 is 11.8 Å². The lowest BCUT2D eigenvalue weighted by atomic mass is 10.1. The van der Waals surface area contributed by atoms with E-state index in [1.54, 1.807) is 6.08 Å². The number of thioether (sulfide) groups is 1. The lowest BCUT2D eigenvalue weighted by molar-refractivity contribution is -0.122. The highest BCUT2D eigenvalue weighted by Gasteiger charge is 2.25. The SMILES string of the molecule is C=CCSCC(NC(=O)c1ccc(N2C(=O)C=CC2=O)cc1)C(=O)NCCCN(C)C. The number of amides is 4. The Morgan fingerprint density at radius 2 is 1.81 bits per heavy atom. The Morgan fingerprint density at radius 3 is 2.39 bits per heavy atom. The molecule has 2 rings (SSSR count). The van der Waals surface area contributed by atoms with Crippen LogP contribution in [0.25, 0.3) is 0 Å². The van der Waals surface area contributed by atoms with E-state index >= 15 is 0 Å². The Kier molecular flexibility index (Phi) is 9.48. The molecule has 9 heteroatoms. The van der Waals surface area contributed by atoms with E-state index in [0.29, 0.717) is 29.3 Å². The number of imide groups is 1. The molecule has 166 valence electrons. The van der Waals surface area contributed by atoms with Crippen molar-refractivity contribution in [3.8, 4) is 0 Å². The number of hydrogen-bond acceptors (Lipinski definition) is 6. The van der Waals surface area contributed by atoms with Gasteiger partial charge in [-0.3, -0.25) is 19.2 Å². The van der Waals surface area contributed by atoms with E-state index in [2.05, 4.69) is 17.2 Å². The maximum Gasteiger partial charge on any atom is 0.258 e. The fraction of sp³-hybridized carbons (Fsp3) is 0.364. The van der Waals surface area contributed by atoms with Crippen molar-refractivity contribution in [2.45, 2.75) is 12.5 Å². The number of nitrogens with zero attached hydrogens (tertiary/aromatic N) is 2. The zero-order valence-corrected chi connectivity index (χ0v) is 18.6. The van der Waals surface area contributed by atoms with Crippen molar-refractivity contribution in [2.24, 2.45) is 0 Å². The molecule has 1 unspecified atom stereocenters. The van der Waals surface area contributed by atoms with Crippen LogP contribution in [0.1, 0.15) is 16.8 Å².